The van der Waals surface area contributed by atoms with Crippen molar-refractivity contribution in [2.45, 2.75) is 19.8 Å². The number of unbranched alkanes of at least 4 members (excludes halogenated alkanes) is 1. The van der Waals surface area contributed by atoms with Crippen LogP contribution in [0.1, 0.15) is 19.8 Å². The molecule has 0 rings (SSSR count). The van der Waals surface area contributed by atoms with Crippen molar-refractivity contribution in [3.8, 4) is 0 Å². The van der Waals surface area contributed by atoms with Crippen LogP contribution in [-0.2, 0) is 0 Å². The van der Waals surface area contributed by atoms with Crippen molar-refractivity contribution in [3.05, 3.63) is 12.2 Å². The largest absolute Gasteiger partial charge is 0.303 e. The van der Waals surface area contributed by atoms with Crippen molar-refractivity contribution in [2.24, 2.45) is 5.10 Å². The van der Waals surface area contributed by atoms with Crippen molar-refractivity contribution in [1.82, 2.24) is 5.01 Å². The molecule has 0 spiro atoms. The van der Waals surface area contributed by atoms with Gasteiger partial charge in [-0.1, -0.05) is 19.4 Å². The van der Waals surface area contributed by atoms with E-state index in [1.807, 2.05) is 20.2 Å². The first-order chi connectivity index (χ1) is 4.77. The molecule has 0 aromatic carbocycles. The first-order valence-electron chi connectivity index (χ1n) is 3.63. The van der Waals surface area contributed by atoms with Crippen LogP contribution in [0.2, 0.25) is 0 Å². The Morgan fingerprint density at radius 2 is 2.10 bits per heavy atom. The number of hydrogen-bond donors (Lipinski definition) is 0. The molecule has 10 heavy (non-hydrogen) atoms. The van der Waals surface area contributed by atoms with Crippen LogP contribution >= 0.6 is 0 Å². The molecular weight excluding hydrogens is 124 g/mol. The van der Waals surface area contributed by atoms with Gasteiger partial charge in [0, 0.05) is 20.3 Å². The van der Waals surface area contributed by atoms with Gasteiger partial charge in [0.15, 0.2) is 0 Å². The summed E-state index contributed by atoms with van der Waals surface area (Å²) in [7, 11) is 3.81. The second-order valence-corrected chi connectivity index (χ2v) is 2.33. The fourth-order valence-electron chi connectivity index (χ4n) is 0.496. The minimum Gasteiger partial charge on any atom is -0.303 e. The van der Waals surface area contributed by atoms with E-state index in [9.17, 15) is 0 Å². The lowest BCUT2D eigenvalue weighted by atomic mass is 10.3. The van der Waals surface area contributed by atoms with E-state index in [1.54, 1.807) is 11.2 Å². The minimum absolute atomic E-state index is 1.14. The molecule has 2 nitrogen and oxygen atoms in total. The van der Waals surface area contributed by atoms with Crippen molar-refractivity contribution < 1.29 is 0 Å². The van der Waals surface area contributed by atoms with Gasteiger partial charge in [0.2, 0.25) is 0 Å². The Labute approximate surface area is 63.2 Å². The molecule has 0 aliphatic heterocycles. The van der Waals surface area contributed by atoms with Gasteiger partial charge in [-0.3, -0.25) is 0 Å². The van der Waals surface area contributed by atoms with Crippen LogP contribution in [0.4, 0.5) is 0 Å². The van der Waals surface area contributed by atoms with Crippen LogP contribution in [-0.4, -0.2) is 25.3 Å². The molecule has 0 unspecified atom stereocenters. The van der Waals surface area contributed by atoms with Gasteiger partial charge in [-0.25, -0.2) is 0 Å². The van der Waals surface area contributed by atoms with Gasteiger partial charge >= 0.3 is 0 Å². The average Bonchev–Trinajstić information content (AvgIpc) is 1.87. The Morgan fingerprint density at radius 3 is 2.60 bits per heavy atom. The first-order valence-corrected chi connectivity index (χ1v) is 3.63. The lowest BCUT2D eigenvalue weighted by Crippen LogP contribution is -2.00. The van der Waals surface area contributed by atoms with Gasteiger partial charge < -0.3 is 5.01 Å². The highest BCUT2D eigenvalue weighted by Gasteiger charge is 1.72. The van der Waals surface area contributed by atoms with E-state index in [2.05, 4.69) is 18.1 Å². The second-order valence-electron chi connectivity index (χ2n) is 2.33. The van der Waals surface area contributed by atoms with Crippen molar-refractivity contribution in [3.63, 3.8) is 0 Å². The standard InChI is InChI=1S/C8H16N2/c1-4-5-6-7-8-9-10(2)3/h6-8H,4-5H2,1-3H3/b7-6+,9-8+. The molecule has 0 radical (unpaired) electrons. The van der Waals surface area contributed by atoms with Crippen LogP contribution < -0.4 is 0 Å². The molecule has 0 aromatic heterocycles. The van der Waals surface area contributed by atoms with Crippen molar-refractivity contribution >= 4 is 6.21 Å². The van der Waals surface area contributed by atoms with Crippen LogP contribution in [0.5, 0.6) is 0 Å². The Morgan fingerprint density at radius 1 is 1.40 bits per heavy atom. The van der Waals surface area contributed by atoms with E-state index in [0.717, 1.165) is 6.42 Å². The molecular formula is C8H16N2. The van der Waals surface area contributed by atoms with Crippen LogP contribution in [0, 0.1) is 0 Å². The summed E-state index contributed by atoms with van der Waals surface area (Å²) in [6.07, 6.45) is 8.23. The van der Waals surface area contributed by atoms with Crippen molar-refractivity contribution in [1.29, 1.82) is 0 Å². The molecule has 0 N–H and O–H groups in total. The molecule has 0 heterocycles. The summed E-state index contributed by atoms with van der Waals surface area (Å²) in [5, 5.41) is 5.79. The molecule has 0 aliphatic carbocycles. The smallest absolute Gasteiger partial charge is 0.0467 e. The zero-order chi connectivity index (χ0) is 7.82. The maximum atomic E-state index is 4.02. The zero-order valence-electron chi connectivity index (χ0n) is 7.04. The monoisotopic (exact) mass is 140 g/mol. The lowest BCUT2D eigenvalue weighted by molar-refractivity contribution is 0.440. The van der Waals surface area contributed by atoms with Gasteiger partial charge in [0.1, 0.15) is 0 Å². The Bertz CT molecular complexity index is 114. The van der Waals surface area contributed by atoms with Crippen LogP contribution in [0.25, 0.3) is 0 Å². The summed E-state index contributed by atoms with van der Waals surface area (Å²) < 4.78 is 0. The predicted molar refractivity (Wildman–Crippen MR) is 46.2 cm³/mol. The quantitative estimate of drug-likeness (QED) is 0.430. The van der Waals surface area contributed by atoms with Crippen LogP contribution in [0.3, 0.4) is 0 Å². The lowest BCUT2D eigenvalue weighted by Gasteiger charge is -1.99. The number of rotatable bonds is 4. The highest BCUT2D eigenvalue weighted by Crippen LogP contribution is 1.86. The van der Waals surface area contributed by atoms with Gasteiger partial charge in [-0.2, -0.15) is 5.10 Å². The van der Waals surface area contributed by atoms with E-state index < -0.39 is 0 Å². The maximum absolute atomic E-state index is 4.02. The molecule has 0 saturated heterocycles. The molecule has 0 aromatic rings. The molecule has 58 valence electrons. The van der Waals surface area contributed by atoms with E-state index >= 15 is 0 Å². The second kappa shape index (κ2) is 6.33. The fourth-order valence-corrected chi connectivity index (χ4v) is 0.496. The summed E-state index contributed by atoms with van der Waals surface area (Å²) in [5.74, 6) is 0. The Kier molecular flexibility index (Phi) is 5.83. The average molecular weight is 140 g/mol. The summed E-state index contributed by atoms with van der Waals surface area (Å²) in [4.78, 5) is 0. The van der Waals surface area contributed by atoms with Gasteiger partial charge in [0.25, 0.3) is 0 Å². The molecule has 0 fully saturated rings. The van der Waals surface area contributed by atoms with Gasteiger partial charge in [-0.05, 0) is 12.5 Å². The van der Waals surface area contributed by atoms with E-state index in [1.165, 1.54) is 6.42 Å². The summed E-state index contributed by atoms with van der Waals surface area (Å²) in [6.45, 7) is 2.16. The highest BCUT2D eigenvalue weighted by molar-refractivity contribution is 5.70. The van der Waals surface area contributed by atoms with Gasteiger partial charge in [0.05, 0.1) is 0 Å². The molecule has 0 bridgehead atoms. The molecule has 0 amide bonds. The first kappa shape index (κ1) is 9.21. The number of nitrogens with zero attached hydrogens (tertiary/aromatic N) is 2. The fraction of sp³-hybridized carbons (Fsp3) is 0.625. The molecule has 0 saturated carbocycles. The Hall–Kier alpha value is -0.790. The predicted octanol–water partition coefficient (Wildman–Crippen LogP) is 1.89. The topological polar surface area (TPSA) is 15.6 Å². The van der Waals surface area contributed by atoms with Crippen molar-refractivity contribution in [2.75, 3.05) is 14.1 Å². The third-order valence-electron chi connectivity index (χ3n) is 0.975. The molecule has 0 atom stereocenters. The zero-order valence-corrected chi connectivity index (χ0v) is 7.04. The third-order valence-corrected chi connectivity index (χ3v) is 0.975. The summed E-state index contributed by atoms with van der Waals surface area (Å²) in [6, 6.07) is 0. The molecule has 0 aliphatic rings. The number of hydrazone groups is 1. The maximum Gasteiger partial charge on any atom is 0.0467 e. The van der Waals surface area contributed by atoms with Crippen LogP contribution in [0.15, 0.2) is 17.3 Å². The van der Waals surface area contributed by atoms with E-state index in [4.69, 9.17) is 0 Å². The van der Waals surface area contributed by atoms with E-state index in [-0.39, 0.29) is 0 Å². The minimum atomic E-state index is 1.14. The third kappa shape index (κ3) is 7.21. The van der Waals surface area contributed by atoms with Gasteiger partial charge in [-0.15, -0.1) is 0 Å². The normalized spacial score (nSPS) is 11.5. The SMILES string of the molecule is CCC/C=C/C=N/N(C)C. The highest BCUT2D eigenvalue weighted by atomic mass is 15.4. The Balaban J connectivity index is 3.32. The number of allylic oxidation sites excluding steroid dienone is 2. The number of hydrogen-bond acceptors (Lipinski definition) is 2. The summed E-state index contributed by atoms with van der Waals surface area (Å²) >= 11 is 0. The van der Waals surface area contributed by atoms with E-state index in [0.29, 0.717) is 0 Å². The molecule has 2 heteroatoms. The summed E-state index contributed by atoms with van der Waals surface area (Å²) in [5.41, 5.74) is 0.